The van der Waals surface area contributed by atoms with Crippen LogP contribution in [0.1, 0.15) is 63.0 Å². The molecule has 8 nitrogen and oxygen atoms in total. The summed E-state index contributed by atoms with van der Waals surface area (Å²) in [4.78, 5) is 25.2. The lowest BCUT2D eigenvalue weighted by molar-refractivity contribution is 0.0884. The highest BCUT2D eigenvalue weighted by atomic mass is 16.7. The van der Waals surface area contributed by atoms with Gasteiger partial charge in [0, 0.05) is 11.6 Å². The number of hydrogen-bond acceptors (Lipinski definition) is 7. The van der Waals surface area contributed by atoms with Gasteiger partial charge in [-0.1, -0.05) is 67.8 Å². The van der Waals surface area contributed by atoms with Crippen LogP contribution in [0.2, 0.25) is 0 Å². The van der Waals surface area contributed by atoms with Crippen LogP contribution in [-0.2, 0) is 20.8 Å². The van der Waals surface area contributed by atoms with Crippen molar-refractivity contribution in [2.75, 3.05) is 7.11 Å². The van der Waals surface area contributed by atoms with Gasteiger partial charge in [-0.15, -0.1) is 0 Å². The predicted molar refractivity (Wildman–Crippen MR) is 138 cm³/mol. The molecule has 1 fully saturated rings. The highest BCUT2D eigenvalue weighted by Crippen LogP contribution is 2.43. The monoisotopic (exact) mass is 506 g/mol. The fourth-order valence-electron chi connectivity index (χ4n) is 4.77. The second-order valence-electron chi connectivity index (χ2n) is 9.27. The van der Waals surface area contributed by atoms with E-state index < -0.39 is 18.2 Å². The van der Waals surface area contributed by atoms with Gasteiger partial charge in [0.1, 0.15) is 29.8 Å². The summed E-state index contributed by atoms with van der Waals surface area (Å²) >= 11 is 0. The number of carbonyl (C=O) groups is 2. The van der Waals surface area contributed by atoms with Crippen LogP contribution in [0.25, 0.3) is 0 Å². The Morgan fingerprint density at radius 1 is 0.892 bits per heavy atom. The average Bonchev–Trinajstić information content (AvgIpc) is 2.91. The van der Waals surface area contributed by atoms with E-state index in [0.717, 1.165) is 31.2 Å². The van der Waals surface area contributed by atoms with Crippen molar-refractivity contribution in [3.05, 3.63) is 88.6 Å². The van der Waals surface area contributed by atoms with E-state index in [1.807, 2.05) is 61.5 Å². The molecule has 8 heteroatoms. The van der Waals surface area contributed by atoms with Crippen molar-refractivity contribution in [1.29, 1.82) is 0 Å². The summed E-state index contributed by atoms with van der Waals surface area (Å²) in [6.07, 6.45) is 3.81. The molecule has 1 heterocycles. The number of allylic oxidation sites excluding steroid dienone is 2. The summed E-state index contributed by atoms with van der Waals surface area (Å²) in [6.45, 7) is 3.96. The zero-order valence-corrected chi connectivity index (χ0v) is 21.5. The van der Waals surface area contributed by atoms with Gasteiger partial charge in [-0.25, -0.2) is 9.59 Å². The summed E-state index contributed by atoms with van der Waals surface area (Å²) in [5, 5.41) is 6.17. The first kappa shape index (κ1) is 26.1. The number of rotatable bonds is 7. The Balaban J connectivity index is 1.66. The Morgan fingerprint density at radius 2 is 1.54 bits per heavy atom. The molecule has 0 aromatic heterocycles. The van der Waals surface area contributed by atoms with Crippen LogP contribution in [0.5, 0.6) is 5.75 Å². The number of alkyl carbamates (subject to hydrolysis) is 1. The second-order valence-corrected chi connectivity index (χ2v) is 9.27. The van der Waals surface area contributed by atoms with E-state index in [1.165, 1.54) is 13.5 Å². The zero-order chi connectivity index (χ0) is 26.2. The van der Waals surface area contributed by atoms with Gasteiger partial charge in [-0.05, 0) is 38.3 Å². The largest absolute Gasteiger partial charge is 0.513 e. The molecule has 2 aromatic rings. The number of nitrogens with one attached hydrogen (secondary N) is 2. The van der Waals surface area contributed by atoms with Crippen LogP contribution in [0.3, 0.4) is 0 Å². The SMILES string of the molecule is COC(=O)OC1=C(C)NC(C)=C(OC(=O)NC2CCCCC2)C1c1ccccc1OCc1ccccc1. The molecule has 1 aliphatic heterocycles. The first-order valence-corrected chi connectivity index (χ1v) is 12.6. The second kappa shape index (κ2) is 12.3. The standard InChI is InChI=1S/C29H34N2O6/c1-19-26(36-28(32)31-22-14-8-5-9-15-22)25(27(20(2)30-19)37-29(33)34-3)23-16-10-11-17-24(23)35-18-21-12-6-4-7-13-21/h4,6-7,10-13,16-17,22,25,30H,5,8-9,14-15,18H2,1-3H3,(H,31,32). The normalized spacial score (nSPS) is 18.1. The van der Waals surface area contributed by atoms with Gasteiger partial charge >= 0.3 is 12.2 Å². The average molecular weight is 507 g/mol. The molecule has 0 bridgehead atoms. The number of benzene rings is 2. The van der Waals surface area contributed by atoms with Crippen LogP contribution in [0, 0.1) is 0 Å². The fraction of sp³-hybridized carbons (Fsp3) is 0.379. The van der Waals surface area contributed by atoms with E-state index in [9.17, 15) is 9.59 Å². The summed E-state index contributed by atoms with van der Waals surface area (Å²) in [5.74, 6) is 0.463. The highest BCUT2D eigenvalue weighted by molar-refractivity contribution is 5.70. The zero-order valence-electron chi connectivity index (χ0n) is 21.5. The number of hydrogen-bond donors (Lipinski definition) is 2. The number of para-hydroxylation sites is 1. The summed E-state index contributed by atoms with van der Waals surface area (Å²) in [6, 6.07) is 17.4. The van der Waals surface area contributed by atoms with E-state index in [0.29, 0.717) is 35.1 Å². The molecule has 1 atom stereocenters. The Labute approximate surface area is 217 Å². The van der Waals surface area contributed by atoms with Crippen LogP contribution in [0.4, 0.5) is 9.59 Å². The molecule has 0 spiro atoms. The van der Waals surface area contributed by atoms with Crippen molar-refractivity contribution >= 4 is 12.2 Å². The number of ether oxygens (including phenoxy) is 4. The van der Waals surface area contributed by atoms with Crippen molar-refractivity contribution in [3.63, 3.8) is 0 Å². The molecule has 1 amide bonds. The smallest absolute Gasteiger partial charge is 0.489 e. The minimum absolute atomic E-state index is 0.0849. The third kappa shape index (κ3) is 6.64. The molecule has 37 heavy (non-hydrogen) atoms. The van der Waals surface area contributed by atoms with Crippen LogP contribution in [0.15, 0.2) is 77.5 Å². The summed E-state index contributed by atoms with van der Waals surface area (Å²) < 4.78 is 22.5. The molecule has 0 radical (unpaired) electrons. The minimum atomic E-state index is -0.866. The van der Waals surface area contributed by atoms with Gasteiger partial charge in [-0.3, -0.25) is 0 Å². The van der Waals surface area contributed by atoms with Crippen molar-refractivity contribution in [1.82, 2.24) is 10.6 Å². The molecule has 2 aromatic carbocycles. The summed E-state index contributed by atoms with van der Waals surface area (Å²) in [5.41, 5.74) is 2.94. The number of carbonyl (C=O) groups excluding carboxylic acids is 2. The number of dihydropyridines is 1. The Hall–Kier alpha value is -3.94. The maximum absolute atomic E-state index is 13.0. The van der Waals surface area contributed by atoms with Crippen molar-refractivity contribution in [2.45, 2.75) is 64.5 Å². The molecular formula is C29H34N2O6. The minimum Gasteiger partial charge on any atom is -0.489 e. The van der Waals surface area contributed by atoms with E-state index in [-0.39, 0.29) is 11.8 Å². The third-order valence-corrected chi connectivity index (χ3v) is 6.60. The Kier molecular flexibility index (Phi) is 8.72. The first-order chi connectivity index (χ1) is 18.0. The van der Waals surface area contributed by atoms with Crippen LogP contribution >= 0.6 is 0 Å². The van der Waals surface area contributed by atoms with Gasteiger partial charge in [0.15, 0.2) is 0 Å². The van der Waals surface area contributed by atoms with Crippen LogP contribution in [-0.4, -0.2) is 25.4 Å². The van der Waals surface area contributed by atoms with E-state index in [1.54, 1.807) is 6.92 Å². The molecule has 1 saturated carbocycles. The van der Waals surface area contributed by atoms with Gasteiger partial charge < -0.3 is 29.6 Å². The van der Waals surface area contributed by atoms with E-state index >= 15 is 0 Å². The lowest BCUT2D eigenvalue weighted by Gasteiger charge is -2.31. The van der Waals surface area contributed by atoms with Crippen molar-refractivity contribution in [3.8, 4) is 5.75 Å². The van der Waals surface area contributed by atoms with E-state index in [2.05, 4.69) is 10.6 Å². The van der Waals surface area contributed by atoms with Crippen molar-refractivity contribution < 1.29 is 28.5 Å². The van der Waals surface area contributed by atoms with E-state index in [4.69, 9.17) is 18.9 Å². The number of amides is 1. The third-order valence-electron chi connectivity index (χ3n) is 6.60. The molecule has 1 aliphatic carbocycles. The number of methoxy groups -OCH3 is 1. The van der Waals surface area contributed by atoms with Gasteiger partial charge in [0.2, 0.25) is 0 Å². The lowest BCUT2D eigenvalue weighted by Crippen LogP contribution is -2.38. The molecular weight excluding hydrogens is 472 g/mol. The lowest BCUT2D eigenvalue weighted by atomic mass is 9.90. The highest BCUT2D eigenvalue weighted by Gasteiger charge is 2.37. The fourth-order valence-corrected chi connectivity index (χ4v) is 4.77. The van der Waals surface area contributed by atoms with Gasteiger partial charge in [0.05, 0.1) is 18.5 Å². The molecule has 4 rings (SSSR count). The van der Waals surface area contributed by atoms with Crippen LogP contribution < -0.4 is 15.4 Å². The van der Waals surface area contributed by atoms with Gasteiger partial charge in [0.25, 0.3) is 0 Å². The maximum Gasteiger partial charge on any atom is 0.513 e. The quantitative estimate of drug-likeness (QED) is 0.428. The molecule has 1 unspecified atom stereocenters. The molecule has 2 aliphatic rings. The maximum atomic E-state index is 13.0. The molecule has 0 saturated heterocycles. The summed E-state index contributed by atoms with van der Waals surface area (Å²) in [7, 11) is 1.25. The Morgan fingerprint density at radius 3 is 2.24 bits per heavy atom. The Bertz CT molecular complexity index is 1170. The molecule has 196 valence electrons. The topological polar surface area (TPSA) is 95.1 Å². The predicted octanol–water partition coefficient (Wildman–Crippen LogP) is 6.26. The first-order valence-electron chi connectivity index (χ1n) is 12.6. The molecule has 2 N–H and O–H groups in total. The van der Waals surface area contributed by atoms with Crippen molar-refractivity contribution in [2.24, 2.45) is 0 Å². The van der Waals surface area contributed by atoms with Gasteiger partial charge in [-0.2, -0.15) is 0 Å².